The summed E-state index contributed by atoms with van der Waals surface area (Å²) in [7, 11) is 0. The molecule has 0 fully saturated rings. The van der Waals surface area contributed by atoms with Gasteiger partial charge in [-0.1, -0.05) is 31.2 Å². The highest BCUT2D eigenvalue weighted by atomic mass is 16.4. The Morgan fingerprint density at radius 3 is 2.33 bits per heavy atom. The lowest BCUT2D eigenvalue weighted by atomic mass is 10.0. The molecule has 1 aromatic carbocycles. The van der Waals surface area contributed by atoms with Crippen molar-refractivity contribution in [3.05, 3.63) is 35.4 Å². The van der Waals surface area contributed by atoms with Crippen LogP contribution in [-0.4, -0.2) is 17.1 Å². The second kappa shape index (κ2) is 5.51. The van der Waals surface area contributed by atoms with E-state index in [0.29, 0.717) is 6.42 Å². The molecule has 0 radical (unpaired) electrons. The molecule has 0 heterocycles. The second-order valence-electron chi connectivity index (χ2n) is 3.65. The predicted molar refractivity (Wildman–Crippen MR) is 59.8 cm³/mol. The molecule has 0 bridgehead atoms. The molecule has 3 heteroatoms. The van der Waals surface area contributed by atoms with Crippen molar-refractivity contribution in [3.8, 4) is 0 Å². The highest BCUT2D eigenvalue weighted by Gasteiger charge is 2.10. The maximum Gasteiger partial charge on any atom is 0.320 e. The van der Waals surface area contributed by atoms with Crippen LogP contribution >= 0.6 is 0 Å². The van der Waals surface area contributed by atoms with Crippen molar-refractivity contribution in [2.24, 2.45) is 5.73 Å². The Labute approximate surface area is 89.9 Å². The summed E-state index contributed by atoms with van der Waals surface area (Å²) in [6.45, 7) is 2.11. The van der Waals surface area contributed by atoms with Gasteiger partial charge in [0, 0.05) is 0 Å². The minimum Gasteiger partial charge on any atom is -0.480 e. The van der Waals surface area contributed by atoms with E-state index in [9.17, 15) is 4.79 Å². The monoisotopic (exact) mass is 207 g/mol. The number of rotatable bonds is 5. The summed E-state index contributed by atoms with van der Waals surface area (Å²) in [5, 5.41) is 8.62. The highest BCUT2D eigenvalue weighted by Crippen LogP contribution is 2.08. The summed E-state index contributed by atoms with van der Waals surface area (Å²) in [6, 6.07) is 7.46. The van der Waals surface area contributed by atoms with Gasteiger partial charge in [0.05, 0.1) is 0 Å². The number of hydrogen-bond donors (Lipinski definition) is 2. The Kier molecular flexibility index (Phi) is 4.31. The van der Waals surface area contributed by atoms with Gasteiger partial charge in [0.1, 0.15) is 6.04 Å². The van der Waals surface area contributed by atoms with Gasteiger partial charge in [-0.3, -0.25) is 4.79 Å². The van der Waals surface area contributed by atoms with Gasteiger partial charge in [0.15, 0.2) is 0 Å². The quantitative estimate of drug-likeness (QED) is 0.770. The molecule has 82 valence electrons. The number of nitrogens with two attached hydrogens (primary N) is 1. The van der Waals surface area contributed by atoms with E-state index < -0.39 is 12.0 Å². The third-order valence-electron chi connectivity index (χ3n) is 2.49. The van der Waals surface area contributed by atoms with Crippen molar-refractivity contribution < 1.29 is 9.90 Å². The van der Waals surface area contributed by atoms with Crippen LogP contribution in [-0.2, 0) is 17.6 Å². The molecule has 0 unspecified atom stereocenters. The lowest BCUT2D eigenvalue weighted by Gasteiger charge is -2.06. The van der Waals surface area contributed by atoms with Crippen LogP contribution in [0.4, 0.5) is 0 Å². The number of carboxylic acids is 1. The molecule has 3 N–H and O–H groups in total. The van der Waals surface area contributed by atoms with E-state index in [-0.39, 0.29) is 0 Å². The van der Waals surface area contributed by atoms with Crippen molar-refractivity contribution in [2.75, 3.05) is 0 Å². The van der Waals surface area contributed by atoms with Crippen molar-refractivity contribution in [1.82, 2.24) is 0 Å². The van der Waals surface area contributed by atoms with Crippen LogP contribution in [0, 0.1) is 0 Å². The zero-order chi connectivity index (χ0) is 11.3. The fraction of sp³-hybridized carbons (Fsp3) is 0.417. The summed E-state index contributed by atoms with van der Waals surface area (Å²) in [6.07, 6.45) is 2.23. The Morgan fingerprint density at radius 1 is 1.33 bits per heavy atom. The van der Waals surface area contributed by atoms with Crippen molar-refractivity contribution in [1.29, 1.82) is 0 Å². The number of carboxylic acid groups (broad SMARTS) is 1. The Balaban J connectivity index is 2.47. The van der Waals surface area contributed by atoms with Gasteiger partial charge in [-0.15, -0.1) is 0 Å². The topological polar surface area (TPSA) is 63.3 Å². The molecule has 0 aliphatic heterocycles. The van der Waals surface area contributed by atoms with Crippen LogP contribution in [0.15, 0.2) is 24.3 Å². The van der Waals surface area contributed by atoms with E-state index in [0.717, 1.165) is 18.4 Å². The number of aliphatic carboxylic acids is 1. The van der Waals surface area contributed by atoms with E-state index in [2.05, 4.69) is 19.1 Å². The zero-order valence-electron chi connectivity index (χ0n) is 8.94. The average Bonchev–Trinajstić information content (AvgIpc) is 2.26. The fourth-order valence-electron chi connectivity index (χ4n) is 1.39. The smallest absolute Gasteiger partial charge is 0.320 e. The number of aryl methyl sites for hydroxylation is 2. The second-order valence-corrected chi connectivity index (χ2v) is 3.65. The zero-order valence-corrected chi connectivity index (χ0v) is 8.94. The summed E-state index contributed by atoms with van der Waals surface area (Å²) in [4.78, 5) is 10.5. The fourth-order valence-corrected chi connectivity index (χ4v) is 1.39. The van der Waals surface area contributed by atoms with Gasteiger partial charge in [0.25, 0.3) is 0 Å². The maximum absolute atomic E-state index is 10.5. The molecule has 0 aliphatic rings. The van der Waals surface area contributed by atoms with Crippen molar-refractivity contribution in [2.45, 2.75) is 32.2 Å². The van der Waals surface area contributed by atoms with Gasteiger partial charge < -0.3 is 10.8 Å². The van der Waals surface area contributed by atoms with E-state index >= 15 is 0 Å². The molecule has 0 spiro atoms. The Bertz CT molecular complexity index is 319. The largest absolute Gasteiger partial charge is 0.480 e. The molecule has 1 aromatic rings. The van der Waals surface area contributed by atoms with Crippen LogP contribution in [0.5, 0.6) is 0 Å². The molecule has 1 rings (SSSR count). The number of hydrogen-bond acceptors (Lipinski definition) is 2. The van der Waals surface area contributed by atoms with E-state index in [1.807, 2.05) is 12.1 Å². The van der Waals surface area contributed by atoms with E-state index in [1.165, 1.54) is 5.56 Å². The number of carbonyl (C=O) groups is 1. The molecule has 15 heavy (non-hydrogen) atoms. The van der Waals surface area contributed by atoms with Crippen LogP contribution in [0.1, 0.15) is 24.5 Å². The standard InChI is InChI=1S/C12H17NO2/c1-2-9-3-5-10(6-4-9)7-8-11(13)12(14)15/h3-6,11H,2,7-8,13H2,1H3,(H,14,15)/t11-/m1/s1. The van der Waals surface area contributed by atoms with Crippen LogP contribution in [0.25, 0.3) is 0 Å². The highest BCUT2D eigenvalue weighted by molar-refractivity contribution is 5.73. The lowest BCUT2D eigenvalue weighted by Crippen LogP contribution is -2.30. The maximum atomic E-state index is 10.5. The van der Waals surface area contributed by atoms with Crippen molar-refractivity contribution in [3.63, 3.8) is 0 Å². The normalized spacial score (nSPS) is 12.4. The summed E-state index contributed by atoms with van der Waals surface area (Å²) in [5.74, 6) is -0.930. The average molecular weight is 207 g/mol. The van der Waals surface area contributed by atoms with Crippen molar-refractivity contribution >= 4 is 5.97 Å². The molecular formula is C12H17NO2. The summed E-state index contributed by atoms with van der Waals surface area (Å²) in [5.41, 5.74) is 7.86. The molecule has 1 atom stereocenters. The van der Waals surface area contributed by atoms with Gasteiger partial charge in [-0.25, -0.2) is 0 Å². The third-order valence-corrected chi connectivity index (χ3v) is 2.49. The van der Waals surface area contributed by atoms with E-state index in [1.54, 1.807) is 0 Å². The Hall–Kier alpha value is -1.35. The Morgan fingerprint density at radius 2 is 1.87 bits per heavy atom. The molecule has 3 nitrogen and oxygen atoms in total. The molecule has 0 saturated heterocycles. The van der Waals surface area contributed by atoms with Crippen LogP contribution in [0.3, 0.4) is 0 Å². The van der Waals surface area contributed by atoms with Gasteiger partial charge in [0.2, 0.25) is 0 Å². The first-order valence-corrected chi connectivity index (χ1v) is 5.19. The van der Waals surface area contributed by atoms with Crippen LogP contribution < -0.4 is 5.73 Å². The molecule has 0 aromatic heterocycles. The third kappa shape index (κ3) is 3.72. The molecule has 0 aliphatic carbocycles. The van der Waals surface area contributed by atoms with E-state index in [4.69, 9.17) is 10.8 Å². The number of benzene rings is 1. The molecule has 0 amide bonds. The predicted octanol–water partition coefficient (Wildman–Crippen LogP) is 1.59. The van der Waals surface area contributed by atoms with Gasteiger partial charge in [-0.05, 0) is 30.4 Å². The summed E-state index contributed by atoms with van der Waals surface area (Å²) < 4.78 is 0. The summed E-state index contributed by atoms with van der Waals surface area (Å²) >= 11 is 0. The van der Waals surface area contributed by atoms with Gasteiger partial charge in [-0.2, -0.15) is 0 Å². The minimum atomic E-state index is -0.930. The first-order valence-electron chi connectivity index (χ1n) is 5.19. The SMILES string of the molecule is CCc1ccc(CC[C@@H](N)C(=O)O)cc1. The lowest BCUT2D eigenvalue weighted by molar-refractivity contribution is -0.138. The minimum absolute atomic E-state index is 0.487. The molecule has 0 saturated carbocycles. The first-order chi connectivity index (χ1) is 7.13. The first kappa shape index (κ1) is 11.7. The van der Waals surface area contributed by atoms with Gasteiger partial charge >= 0.3 is 5.97 Å². The molecular weight excluding hydrogens is 190 g/mol. The van der Waals surface area contributed by atoms with Crippen LogP contribution in [0.2, 0.25) is 0 Å².